The molecule has 9 heteroatoms. The first-order valence-corrected chi connectivity index (χ1v) is 10.3. The zero-order valence-electron chi connectivity index (χ0n) is 17.5. The van der Waals surface area contributed by atoms with E-state index in [2.05, 4.69) is 15.5 Å². The second-order valence-corrected chi connectivity index (χ2v) is 8.17. The second-order valence-electron chi connectivity index (χ2n) is 8.17. The third-order valence-corrected chi connectivity index (χ3v) is 6.27. The highest BCUT2D eigenvalue weighted by atomic mass is 16.5. The predicted octanol–water partition coefficient (Wildman–Crippen LogP) is 1.82. The van der Waals surface area contributed by atoms with E-state index >= 15 is 0 Å². The van der Waals surface area contributed by atoms with Gasteiger partial charge in [0.2, 0.25) is 5.82 Å². The molecule has 2 atom stereocenters. The number of fused-ring (bicyclic) bond motifs is 2. The fourth-order valence-electron chi connectivity index (χ4n) is 4.56. The Kier molecular flexibility index (Phi) is 4.72. The van der Waals surface area contributed by atoms with Crippen LogP contribution in [0.1, 0.15) is 26.9 Å². The highest BCUT2D eigenvalue weighted by Gasteiger charge is 2.41. The highest BCUT2D eigenvalue weighted by molar-refractivity contribution is 6.01. The van der Waals surface area contributed by atoms with Gasteiger partial charge in [0.15, 0.2) is 0 Å². The molecule has 1 N–H and O–H groups in total. The Bertz CT molecular complexity index is 1130. The molecule has 0 saturated carbocycles. The first-order valence-electron chi connectivity index (χ1n) is 10.3. The van der Waals surface area contributed by atoms with Crippen LogP contribution >= 0.6 is 0 Å². The first kappa shape index (κ1) is 19.3. The lowest BCUT2D eigenvalue weighted by Crippen LogP contribution is -2.31. The van der Waals surface area contributed by atoms with Crippen molar-refractivity contribution in [2.24, 2.45) is 18.9 Å². The van der Waals surface area contributed by atoms with Crippen LogP contribution in [0.3, 0.4) is 0 Å². The summed E-state index contributed by atoms with van der Waals surface area (Å²) in [5.41, 5.74) is 1.36. The lowest BCUT2D eigenvalue weighted by atomic mass is 9.89. The minimum absolute atomic E-state index is 0.0511. The molecular weight excluding hydrogens is 396 g/mol. The fourth-order valence-corrected chi connectivity index (χ4v) is 4.56. The number of benzene rings is 1. The van der Waals surface area contributed by atoms with Gasteiger partial charge in [-0.3, -0.25) is 9.59 Å². The monoisotopic (exact) mass is 420 g/mol. The summed E-state index contributed by atoms with van der Waals surface area (Å²) in [4.78, 5) is 27.6. The highest BCUT2D eigenvalue weighted by Crippen LogP contribution is 2.33. The van der Waals surface area contributed by atoms with E-state index in [1.807, 2.05) is 39.4 Å². The molecule has 9 nitrogen and oxygen atoms in total. The number of carbonyl (C=O) groups is 2. The average molecular weight is 420 g/mol. The normalized spacial score (nSPS) is 19.6. The van der Waals surface area contributed by atoms with Crippen molar-refractivity contribution in [3.05, 3.63) is 59.9 Å². The number of ether oxygens (including phenoxy) is 1. The van der Waals surface area contributed by atoms with Gasteiger partial charge in [-0.2, -0.15) is 0 Å². The van der Waals surface area contributed by atoms with Crippen LogP contribution in [0.25, 0.3) is 0 Å². The summed E-state index contributed by atoms with van der Waals surface area (Å²) in [5.74, 6) is 2.19. The number of aromatic nitrogens is 4. The van der Waals surface area contributed by atoms with Gasteiger partial charge in [0.1, 0.15) is 17.3 Å². The van der Waals surface area contributed by atoms with Crippen molar-refractivity contribution in [1.82, 2.24) is 24.2 Å². The van der Waals surface area contributed by atoms with E-state index in [9.17, 15) is 9.59 Å². The molecule has 1 fully saturated rings. The van der Waals surface area contributed by atoms with Crippen LogP contribution < -0.4 is 10.1 Å². The van der Waals surface area contributed by atoms with Crippen molar-refractivity contribution in [2.75, 3.05) is 25.5 Å². The second kappa shape index (κ2) is 7.57. The topological polar surface area (TPSA) is 94.3 Å². The van der Waals surface area contributed by atoms with Crippen LogP contribution in [0.15, 0.2) is 42.6 Å². The fraction of sp³-hybridized carbons (Fsp3) is 0.364. The summed E-state index contributed by atoms with van der Waals surface area (Å²) < 4.78 is 8.90. The Hall–Kier alpha value is -3.62. The average Bonchev–Trinajstić information content (AvgIpc) is 3.49. The third-order valence-electron chi connectivity index (χ3n) is 6.27. The standard InChI is InChI=1S/C22H24N6O3/c1-26-9-3-4-18(26)22(30)27-11-14-10-19-24-25-20(28(19)13-15(14)12-27)21(29)23-16-5-7-17(31-2)8-6-16/h3-9,14-15H,10-13H2,1-2H3,(H,23,29). The number of rotatable bonds is 4. The van der Waals surface area contributed by atoms with Gasteiger partial charge in [0.05, 0.1) is 7.11 Å². The molecule has 0 radical (unpaired) electrons. The van der Waals surface area contributed by atoms with Crippen molar-refractivity contribution in [1.29, 1.82) is 0 Å². The molecule has 0 aliphatic carbocycles. The Labute approximate surface area is 179 Å². The van der Waals surface area contributed by atoms with E-state index in [0.717, 1.165) is 11.6 Å². The molecule has 2 aliphatic rings. The van der Waals surface area contributed by atoms with Crippen molar-refractivity contribution < 1.29 is 14.3 Å². The van der Waals surface area contributed by atoms with Crippen LogP contribution in [0.5, 0.6) is 5.75 Å². The molecule has 0 spiro atoms. The van der Waals surface area contributed by atoms with Crippen molar-refractivity contribution >= 4 is 17.5 Å². The SMILES string of the molecule is COc1ccc(NC(=O)c2nnc3n2CC2CN(C(=O)c4cccn4C)CC2C3)cc1. The number of aryl methyl sites for hydroxylation is 1. The van der Waals surface area contributed by atoms with Crippen LogP contribution in [-0.2, 0) is 20.0 Å². The van der Waals surface area contributed by atoms with Gasteiger partial charge in [-0.05, 0) is 48.2 Å². The Morgan fingerprint density at radius 1 is 1.06 bits per heavy atom. The lowest BCUT2D eigenvalue weighted by molar-refractivity contribution is 0.0773. The molecule has 2 amide bonds. The van der Waals surface area contributed by atoms with Gasteiger partial charge in [-0.25, -0.2) is 0 Å². The minimum atomic E-state index is -0.294. The van der Waals surface area contributed by atoms with Gasteiger partial charge in [0, 0.05) is 45.0 Å². The molecule has 2 aromatic heterocycles. The Balaban J connectivity index is 1.29. The van der Waals surface area contributed by atoms with Crippen LogP contribution in [-0.4, -0.2) is 56.2 Å². The molecule has 31 heavy (non-hydrogen) atoms. The van der Waals surface area contributed by atoms with E-state index in [1.165, 1.54) is 0 Å². The molecule has 1 saturated heterocycles. The molecule has 2 aliphatic heterocycles. The van der Waals surface area contributed by atoms with Gasteiger partial charge in [0.25, 0.3) is 11.8 Å². The maximum Gasteiger partial charge on any atom is 0.293 e. The van der Waals surface area contributed by atoms with E-state index < -0.39 is 0 Å². The summed E-state index contributed by atoms with van der Waals surface area (Å²) >= 11 is 0. The van der Waals surface area contributed by atoms with Crippen LogP contribution in [0, 0.1) is 11.8 Å². The maximum atomic E-state index is 12.9. The van der Waals surface area contributed by atoms with Crippen LogP contribution in [0.2, 0.25) is 0 Å². The Morgan fingerprint density at radius 3 is 2.55 bits per heavy atom. The molecule has 5 rings (SSSR count). The number of hydrogen-bond donors (Lipinski definition) is 1. The van der Waals surface area contributed by atoms with E-state index in [1.54, 1.807) is 31.4 Å². The van der Waals surface area contributed by atoms with Crippen molar-refractivity contribution in [3.8, 4) is 5.75 Å². The largest absolute Gasteiger partial charge is 0.497 e. The van der Waals surface area contributed by atoms with Gasteiger partial charge in [-0.15, -0.1) is 10.2 Å². The minimum Gasteiger partial charge on any atom is -0.497 e. The van der Waals surface area contributed by atoms with Crippen molar-refractivity contribution in [2.45, 2.75) is 13.0 Å². The molecule has 3 aromatic rings. The van der Waals surface area contributed by atoms with E-state index in [-0.39, 0.29) is 17.7 Å². The Morgan fingerprint density at radius 2 is 1.84 bits per heavy atom. The van der Waals surface area contributed by atoms with Crippen LogP contribution in [0.4, 0.5) is 5.69 Å². The summed E-state index contributed by atoms with van der Waals surface area (Å²) in [6.07, 6.45) is 2.59. The zero-order chi connectivity index (χ0) is 21.5. The third kappa shape index (κ3) is 3.45. The molecular formula is C22H24N6O3. The zero-order valence-corrected chi connectivity index (χ0v) is 17.5. The van der Waals surface area contributed by atoms with Crippen molar-refractivity contribution in [3.63, 3.8) is 0 Å². The lowest BCUT2D eigenvalue weighted by Gasteiger charge is -2.25. The number of anilines is 1. The number of nitrogens with one attached hydrogen (secondary N) is 1. The number of carbonyl (C=O) groups excluding carboxylic acids is 2. The molecule has 1 aromatic carbocycles. The van der Waals surface area contributed by atoms with Gasteiger partial charge < -0.3 is 24.1 Å². The molecule has 0 bridgehead atoms. The molecule has 2 unspecified atom stereocenters. The molecule has 160 valence electrons. The predicted molar refractivity (Wildman–Crippen MR) is 113 cm³/mol. The number of amides is 2. The molecule has 4 heterocycles. The van der Waals surface area contributed by atoms with E-state index in [0.29, 0.717) is 49.2 Å². The maximum absolute atomic E-state index is 12.9. The summed E-state index contributed by atoms with van der Waals surface area (Å²) in [5, 5.41) is 11.3. The first-order chi connectivity index (χ1) is 15.0. The summed E-state index contributed by atoms with van der Waals surface area (Å²) in [6, 6.07) is 10.9. The summed E-state index contributed by atoms with van der Waals surface area (Å²) in [6.45, 7) is 2.01. The van der Waals surface area contributed by atoms with Gasteiger partial charge >= 0.3 is 0 Å². The van der Waals surface area contributed by atoms with E-state index in [4.69, 9.17) is 4.74 Å². The van der Waals surface area contributed by atoms with Gasteiger partial charge in [-0.1, -0.05) is 0 Å². The number of hydrogen-bond acceptors (Lipinski definition) is 5. The smallest absolute Gasteiger partial charge is 0.293 e. The number of likely N-dealkylation sites (tertiary alicyclic amines) is 1. The quantitative estimate of drug-likeness (QED) is 0.695. The summed E-state index contributed by atoms with van der Waals surface area (Å²) in [7, 11) is 3.48. The number of nitrogens with zero attached hydrogens (tertiary/aromatic N) is 5. The number of methoxy groups -OCH3 is 1.